The maximum absolute atomic E-state index is 9.16. The van der Waals surface area contributed by atoms with Crippen molar-refractivity contribution in [2.45, 2.75) is 58.0 Å². The number of unbranched alkanes of at least 4 members (excludes halogenated alkanes) is 3. The third kappa shape index (κ3) is 9.92. The molecule has 4 nitrogen and oxygen atoms in total. The van der Waals surface area contributed by atoms with E-state index < -0.39 is 6.29 Å². The second kappa shape index (κ2) is 9.40. The number of nitrogens with one attached hydrogen (secondary N) is 1. The van der Waals surface area contributed by atoms with Crippen LogP contribution in [0.15, 0.2) is 0 Å². The van der Waals surface area contributed by atoms with Crippen molar-refractivity contribution in [1.29, 1.82) is 0 Å². The molecular weight excluding hydrogens is 182 g/mol. The van der Waals surface area contributed by atoms with E-state index in [-0.39, 0.29) is 6.23 Å². The van der Waals surface area contributed by atoms with Gasteiger partial charge >= 0.3 is 0 Å². The van der Waals surface area contributed by atoms with Crippen molar-refractivity contribution in [3.63, 3.8) is 0 Å². The Morgan fingerprint density at radius 1 is 1.00 bits per heavy atom. The molecule has 0 saturated carbocycles. The first-order valence-electron chi connectivity index (χ1n) is 5.44. The van der Waals surface area contributed by atoms with Gasteiger partial charge in [-0.1, -0.05) is 19.8 Å². The van der Waals surface area contributed by atoms with E-state index in [0.717, 1.165) is 38.6 Å². The molecule has 0 bridgehead atoms. The van der Waals surface area contributed by atoms with Crippen molar-refractivity contribution in [1.82, 2.24) is 5.32 Å². The van der Waals surface area contributed by atoms with Crippen molar-refractivity contribution in [3.8, 4) is 0 Å². The predicted molar refractivity (Wildman–Crippen MR) is 55.6 cm³/mol. The lowest BCUT2D eigenvalue weighted by Crippen LogP contribution is -2.28. The molecule has 4 heteroatoms. The standard InChI is InChI=1S/C10H23NO3/c1-2-9(12)11-8-6-4-3-5-7-10(13)14/h9-14H,2-8H2,1H3. The van der Waals surface area contributed by atoms with Crippen molar-refractivity contribution >= 4 is 0 Å². The van der Waals surface area contributed by atoms with Crippen molar-refractivity contribution in [3.05, 3.63) is 0 Å². The highest BCUT2D eigenvalue weighted by atomic mass is 16.5. The summed E-state index contributed by atoms with van der Waals surface area (Å²) in [6.07, 6.45) is 3.62. The Labute approximate surface area is 86.0 Å². The van der Waals surface area contributed by atoms with Crippen LogP contribution in [0.4, 0.5) is 0 Å². The molecule has 4 N–H and O–H groups in total. The molecule has 0 radical (unpaired) electrons. The first-order valence-corrected chi connectivity index (χ1v) is 5.44. The van der Waals surface area contributed by atoms with E-state index in [1.165, 1.54) is 0 Å². The number of hydrogen-bond donors (Lipinski definition) is 4. The fraction of sp³-hybridized carbons (Fsp3) is 1.00. The Hall–Kier alpha value is -0.160. The molecule has 14 heavy (non-hydrogen) atoms. The molecule has 0 aliphatic heterocycles. The molecular formula is C10H23NO3. The van der Waals surface area contributed by atoms with Gasteiger partial charge in [0.15, 0.2) is 6.29 Å². The quantitative estimate of drug-likeness (QED) is 0.328. The molecule has 0 aromatic heterocycles. The minimum Gasteiger partial charge on any atom is -0.379 e. The molecule has 0 rings (SSSR count). The van der Waals surface area contributed by atoms with Gasteiger partial charge in [-0.25, -0.2) is 0 Å². The van der Waals surface area contributed by atoms with Gasteiger partial charge in [0.1, 0.15) is 6.23 Å². The Kier molecular flexibility index (Phi) is 9.29. The first-order chi connectivity index (χ1) is 6.66. The monoisotopic (exact) mass is 205 g/mol. The molecule has 0 saturated heterocycles. The SMILES string of the molecule is CCC(O)NCCCCCCC(O)O. The second-order valence-corrected chi connectivity index (χ2v) is 3.56. The highest BCUT2D eigenvalue weighted by Gasteiger charge is 1.99. The van der Waals surface area contributed by atoms with E-state index in [1.54, 1.807) is 0 Å². The van der Waals surface area contributed by atoms with Gasteiger partial charge in [0.05, 0.1) is 0 Å². The van der Waals surface area contributed by atoms with Crippen molar-refractivity contribution < 1.29 is 15.3 Å². The van der Waals surface area contributed by atoms with E-state index >= 15 is 0 Å². The van der Waals surface area contributed by atoms with Crippen LogP contribution < -0.4 is 5.32 Å². The lowest BCUT2D eigenvalue weighted by molar-refractivity contribution is -0.0465. The zero-order valence-electron chi connectivity index (χ0n) is 8.95. The normalized spacial score (nSPS) is 13.5. The van der Waals surface area contributed by atoms with Crippen LogP contribution in [0.25, 0.3) is 0 Å². The van der Waals surface area contributed by atoms with Crippen LogP contribution in [0.5, 0.6) is 0 Å². The summed E-state index contributed by atoms with van der Waals surface area (Å²) in [7, 11) is 0. The molecule has 0 spiro atoms. The average molecular weight is 205 g/mol. The fourth-order valence-electron chi connectivity index (χ4n) is 1.22. The summed E-state index contributed by atoms with van der Waals surface area (Å²) >= 11 is 0. The van der Waals surface area contributed by atoms with Gasteiger partial charge in [0.2, 0.25) is 0 Å². The number of hydrogen-bond acceptors (Lipinski definition) is 4. The number of aliphatic hydroxyl groups is 3. The maximum atomic E-state index is 9.16. The van der Waals surface area contributed by atoms with Gasteiger partial charge in [0.25, 0.3) is 0 Å². The van der Waals surface area contributed by atoms with Crippen molar-refractivity contribution in [2.75, 3.05) is 6.54 Å². The van der Waals surface area contributed by atoms with Crippen molar-refractivity contribution in [2.24, 2.45) is 0 Å². The first kappa shape index (κ1) is 13.8. The third-order valence-corrected chi connectivity index (χ3v) is 2.16. The highest BCUT2D eigenvalue weighted by molar-refractivity contribution is 4.52. The summed E-state index contributed by atoms with van der Waals surface area (Å²) in [4.78, 5) is 0. The van der Waals surface area contributed by atoms with Crippen LogP contribution in [0, 0.1) is 0 Å². The molecule has 0 heterocycles. The van der Waals surface area contributed by atoms with Gasteiger partial charge in [-0.05, 0) is 32.2 Å². The van der Waals surface area contributed by atoms with Crippen LogP contribution in [-0.4, -0.2) is 34.4 Å². The van der Waals surface area contributed by atoms with Gasteiger partial charge in [-0.2, -0.15) is 0 Å². The summed E-state index contributed by atoms with van der Waals surface area (Å²) < 4.78 is 0. The molecule has 1 unspecified atom stereocenters. The topological polar surface area (TPSA) is 72.7 Å². The lowest BCUT2D eigenvalue weighted by atomic mass is 10.1. The smallest absolute Gasteiger partial charge is 0.151 e. The number of rotatable bonds is 9. The summed E-state index contributed by atoms with van der Waals surface area (Å²) in [5.41, 5.74) is 0. The molecule has 0 amide bonds. The minimum absolute atomic E-state index is 0.380. The zero-order valence-corrected chi connectivity index (χ0v) is 8.95. The van der Waals surface area contributed by atoms with E-state index in [9.17, 15) is 0 Å². The lowest BCUT2D eigenvalue weighted by Gasteiger charge is -2.09. The Morgan fingerprint density at radius 3 is 2.21 bits per heavy atom. The van der Waals surface area contributed by atoms with Crippen LogP contribution in [0.2, 0.25) is 0 Å². The van der Waals surface area contributed by atoms with E-state index in [1.807, 2.05) is 6.92 Å². The summed E-state index contributed by atoms with van der Waals surface area (Å²) in [6.45, 7) is 2.76. The van der Waals surface area contributed by atoms with Gasteiger partial charge in [-0.15, -0.1) is 0 Å². The molecule has 0 aromatic carbocycles. The molecule has 86 valence electrons. The maximum Gasteiger partial charge on any atom is 0.151 e. The van der Waals surface area contributed by atoms with Gasteiger partial charge < -0.3 is 15.3 Å². The molecule has 1 atom stereocenters. The molecule has 0 aliphatic carbocycles. The predicted octanol–water partition coefficient (Wildman–Crippen LogP) is 0.566. The Balaban J connectivity index is 2.99. The molecule has 0 fully saturated rings. The minimum atomic E-state index is -1.16. The third-order valence-electron chi connectivity index (χ3n) is 2.16. The van der Waals surface area contributed by atoms with Crippen LogP contribution >= 0.6 is 0 Å². The summed E-state index contributed by atoms with van der Waals surface area (Å²) in [6, 6.07) is 0. The molecule has 0 aliphatic rings. The van der Waals surface area contributed by atoms with Crippen LogP contribution in [-0.2, 0) is 0 Å². The summed E-state index contributed by atoms with van der Waals surface area (Å²) in [5.74, 6) is 0. The zero-order chi connectivity index (χ0) is 10.8. The fourth-order valence-corrected chi connectivity index (χ4v) is 1.22. The van der Waals surface area contributed by atoms with E-state index in [2.05, 4.69) is 5.32 Å². The van der Waals surface area contributed by atoms with E-state index in [0.29, 0.717) is 6.42 Å². The number of aliphatic hydroxyl groups excluding tert-OH is 2. The van der Waals surface area contributed by atoms with Crippen LogP contribution in [0.3, 0.4) is 0 Å². The summed E-state index contributed by atoms with van der Waals surface area (Å²) in [5, 5.41) is 29.3. The highest BCUT2D eigenvalue weighted by Crippen LogP contribution is 2.04. The average Bonchev–Trinajstić information content (AvgIpc) is 2.15. The van der Waals surface area contributed by atoms with Gasteiger partial charge in [-0.3, -0.25) is 5.32 Å². The Bertz CT molecular complexity index is 120. The second-order valence-electron chi connectivity index (χ2n) is 3.56. The van der Waals surface area contributed by atoms with Gasteiger partial charge in [0, 0.05) is 0 Å². The van der Waals surface area contributed by atoms with E-state index in [4.69, 9.17) is 15.3 Å². The van der Waals surface area contributed by atoms with Crippen LogP contribution in [0.1, 0.15) is 45.4 Å². The largest absolute Gasteiger partial charge is 0.379 e. The molecule has 0 aromatic rings. The Morgan fingerprint density at radius 2 is 1.64 bits per heavy atom.